The number of ether oxygens (including phenoxy) is 1. The summed E-state index contributed by atoms with van der Waals surface area (Å²) in [7, 11) is 1.28. The number of thioether (sulfide) groups is 1. The molecule has 4 aromatic rings. The van der Waals surface area contributed by atoms with E-state index in [2.05, 4.69) is 4.98 Å². The molecular formula is C24H19ClN2O5S. The summed E-state index contributed by atoms with van der Waals surface area (Å²) in [6.07, 6.45) is 1.52. The lowest BCUT2D eigenvalue weighted by Crippen LogP contribution is -2.25. The van der Waals surface area contributed by atoms with Crippen LogP contribution in [-0.2, 0) is 11.3 Å². The van der Waals surface area contributed by atoms with Gasteiger partial charge in [0.1, 0.15) is 5.76 Å². The molecule has 4 rings (SSSR count). The van der Waals surface area contributed by atoms with Gasteiger partial charge in [-0.3, -0.25) is 14.2 Å². The van der Waals surface area contributed by atoms with Crippen LogP contribution in [0.1, 0.15) is 33.4 Å². The summed E-state index contributed by atoms with van der Waals surface area (Å²) < 4.78 is 11.7. The summed E-state index contributed by atoms with van der Waals surface area (Å²) in [6.45, 7) is 1.90. The third-order valence-electron chi connectivity index (χ3n) is 5.02. The van der Waals surface area contributed by atoms with E-state index in [1.807, 2.05) is 0 Å². The van der Waals surface area contributed by atoms with E-state index in [-0.39, 0.29) is 23.5 Å². The number of furan rings is 1. The Labute approximate surface area is 198 Å². The highest BCUT2D eigenvalue weighted by atomic mass is 35.5. The third kappa shape index (κ3) is 4.86. The van der Waals surface area contributed by atoms with Gasteiger partial charge in [0.05, 0.1) is 41.6 Å². The summed E-state index contributed by atoms with van der Waals surface area (Å²) in [4.78, 5) is 42.9. The van der Waals surface area contributed by atoms with E-state index >= 15 is 0 Å². The number of fused-ring (bicyclic) bond motifs is 1. The second kappa shape index (κ2) is 9.64. The number of rotatable bonds is 7. The molecule has 1 unspecified atom stereocenters. The number of Topliss-reactive ketones (excluding diaryl/α,β-unsaturated/α-hetero) is 1. The molecule has 0 aliphatic carbocycles. The Morgan fingerprint density at radius 2 is 1.88 bits per heavy atom. The second-order valence-corrected chi connectivity index (χ2v) is 8.96. The van der Waals surface area contributed by atoms with E-state index in [4.69, 9.17) is 20.8 Å². The van der Waals surface area contributed by atoms with Crippen LogP contribution in [0.3, 0.4) is 0 Å². The van der Waals surface area contributed by atoms with Crippen LogP contribution in [0.4, 0.5) is 0 Å². The molecule has 0 fully saturated rings. The van der Waals surface area contributed by atoms with Crippen molar-refractivity contribution in [2.24, 2.45) is 0 Å². The van der Waals surface area contributed by atoms with Crippen molar-refractivity contribution in [2.75, 3.05) is 7.11 Å². The molecule has 0 aliphatic rings. The Morgan fingerprint density at radius 1 is 1.15 bits per heavy atom. The van der Waals surface area contributed by atoms with Gasteiger partial charge >= 0.3 is 5.97 Å². The number of carbonyl (C=O) groups is 2. The number of benzene rings is 2. The molecule has 7 nitrogen and oxygen atoms in total. The van der Waals surface area contributed by atoms with Gasteiger partial charge in [-0.25, -0.2) is 9.78 Å². The van der Waals surface area contributed by atoms with Crippen LogP contribution in [0.5, 0.6) is 0 Å². The van der Waals surface area contributed by atoms with Crippen LogP contribution < -0.4 is 5.56 Å². The zero-order valence-electron chi connectivity index (χ0n) is 17.8. The average molecular weight is 483 g/mol. The molecule has 0 radical (unpaired) electrons. The van der Waals surface area contributed by atoms with Gasteiger partial charge in [0.2, 0.25) is 0 Å². The first-order chi connectivity index (χ1) is 15.9. The van der Waals surface area contributed by atoms with Crippen molar-refractivity contribution in [3.63, 3.8) is 0 Å². The fourth-order valence-corrected chi connectivity index (χ4v) is 4.40. The molecule has 0 saturated carbocycles. The molecule has 0 N–H and O–H groups in total. The lowest BCUT2D eigenvalue weighted by atomic mass is 10.1. The fraction of sp³-hybridized carbons (Fsp3) is 0.167. The maximum atomic E-state index is 13.3. The molecule has 2 aromatic heterocycles. The number of halogens is 1. The molecule has 33 heavy (non-hydrogen) atoms. The summed E-state index contributed by atoms with van der Waals surface area (Å²) >= 11 is 7.09. The number of ketones is 1. The maximum Gasteiger partial charge on any atom is 0.337 e. The summed E-state index contributed by atoms with van der Waals surface area (Å²) in [5, 5.41) is 0.676. The van der Waals surface area contributed by atoms with Crippen LogP contribution in [0.25, 0.3) is 10.9 Å². The molecule has 9 heteroatoms. The van der Waals surface area contributed by atoms with Gasteiger partial charge in [-0.2, -0.15) is 0 Å². The summed E-state index contributed by atoms with van der Waals surface area (Å²) in [6, 6.07) is 14.7. The standard InChI is InChI=1S/C24H19ClN2O5S/c1-14(21(28)15-5-8-17(25)9-6-15)33-24-26-20-12-16(23(30)31-2)7-10-19(20)22(29)27(24)13-18-4-3-11-32-18/h3-12,14H,13H2,1-2H3. The quantitative estimate of drug-likeness (QED) is 0.161. The minimum absolute atomic E-state index is 0.126. The number of hydrogen-bond donors (Lipinski definition) is 0. The van der Waals surface area contributed by atoms with Gasteiger partial charge in [-0.1, -0.05) is 23.4 Å². The Bertz CT molecular complexity index is 1380. The van der Waals surface area contributed by atoms with Gasteiger partial charge in [0.15, 0.2) is 10.9 Å². The van der Waals surface area contributed by atoms with Crippen molar-refractivity contribution in [1.82, 2.24) is 9.55 Å². The Morgan fingerprint density at radius 3 is 2.55 bits per heavy atom. The van der Waals surface area contributed by atoms with Crippen molar-refractivity contribution in [3.05, 3.63) is 93.1 Å². The first kappa shape index (κ1) is 22.8. The Kier molecular flexibility index (Phi) is 6.67. The molecule has 2 aromatic carbocycles. The Hall–Kier alpha value is -3.36. The van der Waals surface area contributed by atoms with Crippen molar-refractivity contribution in [1.29, 1.82) is 0 Å². The molecule has 0 spiro atoms. The highest BCUT2D eigenvalue weighted by Gasteiger charge is 2.22. The molecule has 0 aliphatic heterocycles. The van der Waals surface area contributed by atoms with Gasteiger partial charge in [-0.05, 0) is 61.5 Å². The lowest BCUT2D eigenvalue weighted by molar-refractivity contribution is 0.0600. The largest absolute Gasteiger partial charge is 0.467 e. The van der Waals surface area contributed by atoms with Gasteiger partial charge in [0.25, 0.3) is 5.56 Å². The molecule has 1 atom stereocenters. The fourth-order valence-electron chi connectivity index (χ4n) is 3.29. The average Bonchev–Trinajstić information content (AvgIpc) is 3.34. The topological polar surface area (TPSA) is 91.4 Å². The zero-order chi connectivity index (χ0) is 23.5. The van der Waals surface area contributed by atoms with Crippen LogP contribution in [0.2, 0.25) is 5.02 Å². The van der Waals surface area contributed by atoms with E-state index in [0.29, 0.717) is 32.4 Å². The molecular weight excluding hydrogens is 464 g/mol. The first-order valence-corrected chi connectivity index (χ1v) is 11.2. The van der Waals surface area contributed by atoms with Crippen LogP contribution in [-0.4, -0.2) is 33.7 Å². The van der Waals surface area contributed by atoms with Crippen LogP contribution in [0, 0.1) is 0 Å². The normalized spacial score (nSPS) is 12.0. The van der Waals surface area contributed by atoms with Crippen molar-refractivity contribution < 1.29 is 18.7 Å². The van der Waals surface area contributed by atoms with Crippen LogP contribution >= 0.6 is 23.4 Å². The molecule has 0 amide bonds. The summed E-state index contributed by atoms with van der Waals surface area (Å²) in [5.41, 5.74) is 0.823. The predicted molar refractivity (Wildman–Crippen MR) is 126 cm³/mol. The number of hydrogen-bond acceptors (Lipinski definition) is 7. The van der Waals surface area contributed by atoms with E-state index in [1.165, 1.54) is 30.1 Å². The monoisotopic (exact) mass is 482 g/mol. The predicted octanol–water partition coefficient (Wildman–Crippen LogP) is 4.84. The number of nitrogens with zero attached hydrogens (tertiary/aromatic N) is 2. The SMILES string of the molecule is COC(=O)c1ccc2c(=O)n(Cc3ccco3)c(SC(C)C(=O)c3ccc(Cl)cc3)nc2c1. The minimum atomic E-state index is -0.540. The highest BCUT2D eigenvalue weighted by Crippen LogP contribution is 2.26. The highest BCUT2D eigenvalue weighted by molar-refractivity contribution is 8.00. The molecule has 0 saturated heterocycles. The smallest absolute Gasteiger partial charge is 0.337 e. The molecule has 168 valence electrons. The minimum Gasteiger partial charge on any atom is -0.467 e. The number of esters is 1. The van der Waals surface area contributed by atoms with E-state index < -0.39 is 11.2 Å². The van der Waals surface area contributed by atoms with Crippen LogP contribution in [0.15, 0.2) is 75.2 Å². The van der Waals surface area contributed by atoms with Crippen molar-refractivity contribution in [3.8, 4) is 0 Å². The number of aromatic nitrogens is 2. The van der Waals surface area contributed by atoms with E-state index in [1.54, 1.807) is 49.4 Å². The van der Waals surface area contributed by atoms with Crippen molar-refractivity contribution in [2.45, 2.75) is 23.9 Å². The second-order valence-electron chi connectivity index (χ2n) is 7.22. The maximum absolute atomic E-state index is 13.3. The lowest BCUT2D eigenvalue weighted by Gasteiger charge is -2.15. The van der Waals surface area contributed by atoms with E-state index in [0.717, 1.165) is 11.8 Å². The van der Waals surface area contributed by atoms with Gasteiger partial charge in [0, 0.05) is 10.6 Å². The summed E-state index contributed by atoms with van der Waals surface area (Å²) in [5.74, 6) is -0.0826. The van der Waals surface area contributed by atoms with Gasteiger partial charge in [-0.15, -0.1) is 0 Å². The third-order valence-corrected chi connectivity index (χ3v) is 6.36. The zero-order valence-corrected chi connectivity index (χ0v) is 19.4. The van der Waals surface area contributed by atoms with Crippen molar-refractivity contribution >= 4 is 46.0 Å². The van der Waals surface area contributed by atoms with E-state index in [9.17, 15) is 14.4 Å². The number of methoxy groups -OCH3 is 1. The molecule has 0 bridgehead atoms. The van der Waals surface area contributed by atoms with Gasteiger partial charge < -0.3 is 9.15 Å². The number of carbonyl (C=O) groups excluding carboxylic acids is 2. The first-order valence-electron chi connectivity index (χ1n) is 9.99. The Balaban J connectivity index is 1.77. The molecule has 2 heterocycles.